The Morgan fingerprint density at radius 2 is 2.30 bits per heavy atom. The van der Waals surface area contributed by atoms with Crippen molar-refractivity contribution in [1.82, 2.24) is 15.3 Å². The van der Waals surface area contributed by atoms with E-state index in [1.54, 1.807) is 24.5 Å². The molecule has 0 radical (unpaired) electrons. The minimum atomic E-state index is -0.0644. The predicted octanol–water partition coefficient (Wildman–Crippen LogP) is 2.95. The molecule has 3 heterocycles. The molecule has 0 aliphatic carbocycles. The number of rotatable bonds is 3. The van der Waals surface area contributed by atoms with Crippen LogP contribution in [-0.2, 0) is 0 Å². The average Bonchev–Trinajstić information content (AvgIpc) is 2.56. The molecule has 0 saturated carbocycles. The molecule has 1 N–H and O–H groups in total. The van der Waals surface area contributed by atoms with Crippen LogP contribution in [0.15, 0.2) is 41.3 Å². The summed E-state index contributed by atoms with van der Waals surface area (Å²) in [5, 5.41) is 3.11. The zero-order chi connectivity index (χ0) is 16.2. The van der Waals surface area contributed by atoms with Gasteiger partial charge in [0.2, 0.25) is 0 Å². The SMILES string of the molecule is Cc1cc(Br)cnc1N1CCCC(NC(=O)c2cccnc2)C1. The van der Waals surface area contributed by atoms with Gasteiger partial charge in [-0.3, -0.25) is 9.78 Å². The van der Waals surface area contributed by atoms with Crippen LogP contribution in [0.1, 0.15) is 28.8 Å². The van der Waals surface area contributed by atoms with Crippen molar-refractivity contribution in [3.8, 4) is 0 Å². The molecule has 1 aliphatic rings. The first-order chi connectivity index (χ1) is 11.1. The number of nitrogens with one attached hydrogen (secondary N) is 1. The zero-order valence-corrected chi connectivity index (χ0v) is 14.6. The summed E-state index contributed by atoms with van der Waals surface area (Å²) in [6.07, 6.45) is 7.10. The van der Waals surface area contributed by atoms with Crippen LogP contribution in [0.4, 0.5) is 5.82 Å². The fourth-order valence-corrected chi connectivity index (χ4v) is 3.36. The van der Waals surface area contributed by atoms with E-state index in [-0.39, 0.29) is 11.9 Å². The fraction of sp³-hybridized carbons (Fsp3) is 0.353. The lowest BCUT2D eigenvalue weighted by molar-refractivity contribution is 0.0932. The molecule has 1 aliphatic heterocycles. The van der Waals surface area contributed by atoms with E-state index >= 15 is 0 Å². The summed E-state index contributed by atoms with van der Waals surface area (Å²) in [6.45, 7) is 3.81. The van der Waals surface area contributed by atoms with Crippen molar-refractivity contribution in [3.63, 3.8) is 0 Å². The Kier molecular flexibility index (Phi) is 4.91. The number of halogens is 1. The molecule has 1 amide bonds. The standard InChI is InChI=1S/C17H19BrN4O/c1-12-8-14(18)10-20-16(12)22-7-3-5-15(11-22)21-17(23)13-4-2-6-19-9-13/h2,4,6,8-10,15H,3,5,7,11H2,1H3,(H,21,23). The van der Waals surface area contributed by atoms with E-state index in [2.05, 4.69) is 49.1 Å². The topological polar surface area (TPSA) is 58.1 Å². The van der Waals surface area contributed by atoms with Gasteiger partial charge < -0.3 is 10.2 Å². The summed E-state index contributed by atoms with van der Waals surface area (Å²) >= 11 is 3.45. The second-order valence-electron chi connectivity index (χ2n) is 5.79. The van der Waals surface area contributed by atoms with Crippen molar-refractivity contribution in [2.45, 2.75) is 25.8 Å². The van der Waals surface area contributed by atoms with E-state index < -0.39 is 0 Å². The number of anilines is 1. The molecule has 2 aromatic rings. The number of amides is 1. The summed E-state index contributed by atoms with van der Waals surface area (Å²) in [5.74, 6) is 0.930. The first-order valence-corrected chi connectivity index (χ1v) is 8.51. The first kappa shape index (κ1) is 15.9. The summed E-state index contributed by atoms with van der Waals surface area (Å²) < 4.78 is 0.984. The van der Waals surface area contributed by atoms with Crippen LogP contribution in [0.2, 0.25) is 0 Å². The molecular formula is C17H19BrN4O. The Labute approximate surface area is 144 Å². The molecule has 1 unspecified atom stereocenters. The highest BCUT2D eigenvalue weighted by atomic mass is 79.9. The van der Waals surface area contributed by atoms with Gasteiger partial charge in [0.1, 0.15) is 5.82 Å². The number of aromatic nitrogens is 2. The second-order valence-corrected chi connectivity index (χ2v) is 6.71. The third-order valence-corrected chi connectivity index (χ3v) is 4.43. The smallest absolute Gasteiger partial charge is 0.253 e. The molecule has 5 nitrogen and oxygen atoms in total. The van der Waals surface area contributed by atoms with Crippen molar-refractivity contribution in [3.05, 3.63) is 52.4 Å². The number of carbonyl (C=O) groups excluding carboxylic acids is 1. The number of piperidine rings is 1. The van der Waals surface area contributed by atoms with Crippen molar-refractivity contribution in [1.29, 1.82) is 0 Å². The maximum atomic E-state index is 12.3. The third-order valence-electron chi connectivity index (χ3n) is 4.00. The van der Waals surface area contributed by atoms with Gasteiger partial charge >= 0.3 is 0 Å². The van der Waals surface area contributed by atoms with Crippen LogP contribution >= 0.6 is 15.9 Å². The molecule has 0 bridgehead atoms. The maximum Gasteiger partial charge on any atom is 0.253 e. The number of hydrogen-bond donors (Lipinski definition) is 1. The first-order valence-electron chi connectivity index (χ1n) is 7.71. The maximum absolute atomic E-state index is 12.3. The molecule has 0 aromatic carbocycles. The number of nitrogens with zero attached hydrogens (tertiary/aromatic N) is 3. The molecule has 1 fully saturated rings. The molecule has 1 atom stereocenters. The van der Waals surface area contributed by atoms with Crippen molar-refractivity contribution >= 4 is 27.7 Å². The van der Waals surface area contributed by atoms with Gasteiger partial charge in [-0.05, 0) is 59.5 Å². The molecule has 120 valence electrons. The van der Waals surface area contributed by atoms with Gasteiger partial charge in [-0.2, -0.15) is 0 Å². The van der Waals surface area contributed by atoms with Gasteiger partial charge in [0.05, 0.1) is 5.56 Å². The van der Waals surface area contributed by atoms with Crippen LogP contribution < -0.4 is 10.2 Å². The summed E-state index contributed by atoms with van der Waals surface area (Å²) in [6, 6.07) is 5.75. The van der Waals surface area contributed by atoms with Gasteiger partial charge in [0, 0.05) is 42.2 Å². The lowest BCUT2D eigenvalue weighted by Gasteiger charge is -2.34. The minimum absolute atomic E-state index is 0.0644. The van der Waals surface area contributed by atoms with E-state index in [0.29, 0.717) is 5.56 Å². The predicted molar refractivity (Wildman–Crippen MR) is 93.6 cm³/mol. The van der Waals surface area contributed by atoms with Gasteiger partial charge in [0.25, 0.3) is 5.91 Å². The van der Waals surface area contributed by atoms with Crippen molar-refractivity contribution in [2.24, 2.45) is 0 Å². The summed E-state index contributed by atoms with van der Waals surface area (Å²) in [4.78, 5) is 23.1. The lowest BCUT2D eigenvalue weighted by Crippen LogP contribution is -2.48. The lowest BCUT2D eigenvalue weighted by atomic mass is 10.0. The van der Waals surface area contributed by atoms with E-state index in [1.807, 2.05) is 6.20 Å². The van der Waals surface area contributed by atoms with Gasteiger partial charge in [-0.15, -0.1) is 0 Å². The highest BCUT2D eigenvalue weighted by Crippen LogP contribution is 2.24. The summed E-state index contributed by atoms with van der Waals surface area (Å²) in [7, 11) is 0. The fourth-order valence-electron chi connectivity index (χ4n) is 2.92. The Bertz CT molecular complexity index is 692. The Morgan fingerprint density at radius 3 is 3.04 bits per heavy atom. The van der Waals surface area contributed by atoms with E-state index in [0.717, 1.165) is 41.8 Å². The Balaban J connectivity index is 1.67. The molecule has 0 spiro atoms. The number of carbonyl (C=O) groups is 1. The second kappa shape index (κ2) is 7.08. The Hall–Kier alpha value is -1.95. The van der Waals surface area contributed by atoms with Crippen LogP contribution in [0.25, 0.3) is 0 Å². The van der Waals surface area contributed by atoms with Crippen LogP contribution in [-0.4, -0.2) is 35.0 Å². The monoisotopic (exact) mass is 374 g/mol. The van der Waals surface area contributed by atoms with Crippen LogP contribution in [0.3, 0.4) is 0 Å². The molecule has 6 heteroatoms. The van der Waals surface area contributed by atoms with E-state index in [9.17, 15) is 4.79 Å². The molecular weight excluding hydrogens is 356 g/mol. The number of hydrogen-bond acceptors (Lipinski definition) is 4. The normalized spacial score (nSPS) is 17.8. The molecule has 2 aromatic heterocycles. The highest BCUT2D eigenvalue weighted by Gasteiger charge is 2.23. The van der Waals surface area contributed by atoms with Crippen LogP contribution in [0, 0.1) is 6.92 Å². The average molecular weight is 375 g/mol. The van der Waals surface area contributed by atoms with Crippen LogP contribution in [0.5, 0.6) is 0 Å². The zero-order valence-electron chi connectivity index (χ0n) is 13.0. The van der Waals surface area contributed by atoms with Gasteiger partial charge in [-0.1, -0.05) is 0 Å². The molecule has 23 heavy (non-hydrogen) atoms. The van der Waals surface area contributed by atoms with Gasteiger partial charge in [0.15, 0.2) is 0 Å². The summed E-state index contributed by atoms with van der Waals surface area (Å²) in [5.41, 5.74) is 1.74. The molecule has 1 saturated heterocycles. The third kappa shape index (κ3) is 3.88. The quantitative estimate of drug-likeness (QED) is 0.896. The number of pyridine rings is 2. The largest absolute Gasteiger partial charge is 0.354 e. The van der Waals surface area contributed by atoms with E-state index in [4.69, 9.17) is 0 Å². The minimum Gasteiger partial charge on any atom is -0.354 e. The highest BCUT2D eigenvalue weighted by molar-refractivity contribution is 9.10. The molecule has 3 rings (SSSR count). The van der Waals surface area contributed by atoms with E-state index in [1.165, 1.54) is 0 Å². The Morgan fingerprint density at radius 1 is 1.43 bits per heavy atom. The number of aryl methyl sites for hydroxylation is 1. The van der Waals surface area contributed by atoms with Gasteiger partial charge in [-0.25, -0.2) is 4.98 Å². The van der Waals surface area contributed by atoms with Crippen molar-refractivity contribution < 1.29 is 4.79 Å². The van der Waals surface area contributed by atoms with Crippen molar-refractivity contribution in [2.75, 3.05) is 18.0 Å².